The monoisotopic (exact) mass is 703 g/mol. The predicted molar refractivity (Wildman–Crippen MR) is 183 cm³/mol. The first-order valence-electron chi connectivity index (χ1n) is 16.0. The van der Waals surface area contributed by atoms with Crippen molar-refractivity contribution in [2.45, 2.75) is 89.9 Å². The third kappa shape index (κ3) is 8.10. The highest BCUT2D eigenvalue weighted by atomic mass is 31.2. The zero-order valence-electron chi connectivity index (χ0n) is 27.7. The zero-order valence-corrected chi connectivity index (χ0v) is 29.5. The molecule has 14 heteroatoms. The summed E-state index contributed by atoms with van der Waals surface area (Å²) in [6.45, 7) is 8.93. The predicted octanol–water partition coefficient (Wildman–Crippen LogP) is 4.80. The van der Waals surface area contributed by atoms with Crippen LogP contribution in [0.5, 0.6) is 0 Å². The van der Waals surface area contributed by atoms with Crippen molar-refractivity contribution in [3.05, 3.63) is 65.0 Å². The Morgan fingerprint density at radius 2 is 1.31 bits per heavy atom. The molecule has 0 unspecified atom stereocenters. The second kappa shape index (κ2) is 14.3. The van der Waals surface area contributed by atoms with Crippen LogP contribution >= 0.6 is 15.2 Å². The summed E-state index contributed by atoms with van der Waals surface area (Å²) in [4.78, 5) is 63.8. The zero-order chi connectivity index (χ0) is 35.7. The van der Waals surface area contributed by atoms with Gasteiger partial charge in [-0.05, 0) is 89.3 Å². The number of anilines is 1. The maximum Gasteiger partial charge on any atom is 0.356 e. The molecule has 6 N–H and O–H groups in total. The summed E-state index contributed by atoms with van der Waals surface area (Å²) in [6, 6.07) is 9.35. The fraction of sp³-hybridized carbons (Fsp3) is 0.471. The molecule has 48 heavy (non-hydrogen) atoms. The van der Waals surface area contributed by atoms with E-state index in [-0.39, 0.29) is 23.5 Å². The van der Waals surface area contributed by atoms with Crippen LogP contribution in [-0.2, 0) is 29.5 Å². The van der Waals surface area contributed by atoms with Gasteiger partial charge in [0.1, 0.15) is 6.54 Å². The van der Waals surface area contributed by atoms with Crippen LogP contribution in [0.15, 0.2) is 53.9 Å². The first-order chi connectivity index (χ1) is 22.3. The maximum absolute atomic E-state index is 12.2. The highest BCUT2D eigenvalue weighted by Gasteiger charge is 2.46. The fourth-order valence-corrected chi connectivity index (χ4v) is 7.78. The van der Waals surface area contributed by atoms with Crippen molar-refractivity contribution in [2.24, 2.45) is 0 Å². The Morgan fingerprint density at radius 3 is 1.88 bits per heavy atom. The minimum absolute atomic E-state index is 0.0696. The average Bonchev–Trinajstić information content (AvgIpc) is 3.32. The van der Waals surface area contributed by atoms with Crippen LogP contribution in [0.4, 0.5) is 11.4 Å². The van der Waals surface area contributed by atoms with Gasteiger partial charge in [-0.3, -0.25) is 18.7 Å². The maximum atomic E-state index is 12.2. The van der Waals surface area contributed by atoms with Gasteiger partial charge in [0, 0.05) is 48.5 Å². The molecule has 4 rings (SSSR count). The number of hydrogen-bond donors (Lipinski definition) is 6. The Morgan fingerprint density at radius 1 is 0.771 bits per heavy atom. The lowest BCUT2D eigenvalue weighted by Crippen LogP contribution is -2.29. The van der Waals surface area contributed by atoms with Gasteiger partial charge in [-0.1, -0.05) is 12.2 Å². The van der Waals surface area contributed by atoms with Crippen LogP contribution in [-0.4, -0.2) is 65.1 Å². The van der Waals surface area contributed by atoms with E-state index >= 15 is 0 Å². The number of carbonyl (C=O) groups is 2. The van der Waals surface area contributed by atoms with E-state index < -0.39 is 38.0 Å². The van der Waals surface area contributed by atoms with Crippen molar-refractivity contribution in [3.63, 3.8) is 0 Å². The number of carboxylic acid groups (broad SMARTS) is 2. The van der Waals surface area contributed by atoms with Crippen molar-refractivity contribution in [3.8, 4) is 0 Å². The number of rotatable bonds is 15. The van der Waals surface area contributed by atoms with Gasteiger partial charge in [-0.15, -0.1) is 0 Å². The van der Waals surface area contributed by atoms with E-state index in [0.717, 1.165) is 33.9 Å². The van der Waals surface area contributed by atoms with Gasteiger partial charge in [-0.2, -0.15) is 4.58 Å². The molecule has 0 saturated heterocycles. The molecule has 260 valence electrons. The molecule has 0 spiro atoms. The lowest BCUT2D eigenvalue weighted by molar-refractivity contribution is -0.438. The summed E-state index contributed by atoms with van der Waals surface area (Å²) in [5, 5.41) is 17.9. The number of allylic oxidation sites excluding steroid dienone is 1. The van der Waals surface area contributed by atoms with E-state index in [0.29, 0.717) is 51.6 Å². The Kier molecular flexibility index (Phi) is 11.1. The quantitative estimate of drug-likeness (QED) is 0.0646. The Balaban J connectivity index is 1.83. The SMILES string of the molecule is CC1(C)C(=C=CC2=[N+](CCCCCC(=O)O)c3ccc(P(=O)(O)O)cc3C2(C)C)N(CCCCCC(=O)O)c2ccc(P(=O)(O)O)cc21. The molecule has 12 nitrogen and oxygen atoms in total. The average molecular weight is 704 g/mol. The smallest absolute Gasteiger partial charge is 0.356 e. The lowest BCUT2D eigenvalue weighted by atomic mass is 9.81. The summed E-state index contributed by atoms with van der Waals surface area (Å²) in [5.41, 5.74) is 6.75. The molecule has 2 heterocycles. The number of carboxylic acids is 2. The second-order valence-corrected chi connectivity index (χ2v) is 16.7. The Hall–Kier alpha value is -3.33. The summed E-state index contributed by atoms with van der Waals surface area (Å²) in [6.07, 6.45) is 5.77. The highest BCUT2D eigenvalue weighted by Crippen LogP contribution is 2.49. The van der Waals surface area contributed by atoms with Gasteiger partial charge < -0.3 is 34.7 Å². The molecular formula is C34H45N2O10P2+. The second-order valence-electron chi connectivity index (χ2n) is 13.5. The molecule has 0 radical (unpaired) electrons. The molecule has 2 aliphatic heterocycles. The van der Waals surface area contributed by atoms with E-state index in [1.165, 1.54) is 18.2 Å². The molecule has 0 fully saturated rings. The lowest BCUT2D eigenvalue weighted by Gasteiger charge is -2.25. The van der Waals surface area contributed by atoms with E-state index in [1.54, 1.807) is 18.2 Å². The van der Waals surface area contributed by atoms with Crippen molar-refractivity contribution in [2.75, 3.05) is 18.0 Å². The van der Waals surface area contributed by atoms with Crippen LogP contribution in [0.25, 0.3) is 0 Å². The van der Waals surface area contributed by atoms with Gasteiger partial charge in [0.25, 0.3) is 0 Å². The number of fused-ring (bicyclic) bond motifs is 2. The van der Waals surface area contributed by atoms with E-state index in [9.17, 15) is 38.3 Å². The first-order valence-corrected chi connectivity index (χ1v) is 19.2. The minimum Gasteiger partial charge on any atom is -0.481 e. The van der Waals surface area contributed by atoms with Crippen molar-refractivity contribution in [1.29, 1.82) is 0 Å². The molecular weight excluding hydrogens is 658 g/mol. The van der Waals surface area contributed by atoms with Gasteiger partial charge >= 0.3 is 27.1 Å². The van der Waals surface area contributed by atoms with Gasteiger partial charge in [0.15, 0.2) is 5.71 Å². The first kappa shape index (κ1) is 37.5. The van der Waals surface area contributed by atoms with Crippen LogP contribution in [0, 0.1) is 0 Å². The summed E-state index contributed by atoms with van der Waals surface area (Å²) in [7, 11) is -9.05. The van der Waals surface area contributed by atoms with Crippen LogP contribution in [0.1, 0.15) is 90.2 Å². The molecule has 0 aromatic heterocycles. The number of nitrogens with zero attached hydrogens (tertiary/aromatic N) is 2. The summed E-state index contributed by atoms with van der Waals surface area (Å²) < 4.78 is 26.5. The molecule has 0 bridgehead atoms. The molecule has 0 amide bonds. The van der Waals surface area contributed by atoms with Gasteiger partial charge in [0.05, 0.1) is 27.8 Å². The largest absolute Gasteiger partial charge is 0.481 e. The molecule has 0 aliphatic carbocycles. The van der Waals surface area contributed by atoms with E-state index in [1.807, 2.05) is 33.8 Å². The normalized spacial score (nSPS) is 16.5. The van der Waals surface area contributed by atoms with Gasteiger partial charge in [0.2, 0.25) is 5.69 Å². The molecule has 2 aromatic rings. The molecule has 0 saturated carbocycles. The standard InChI is InChI=1S/C34H44N2O10P2/c1-33(2)25-21-23(47(41,42)43)13-15-27(25)35(19-9-5-7-11-31(37)38)29(33)17-18-30-34(3,4)26-22-24(48(44,45)46)14-16-28(26)36(30)20-10-6-8-12-32(39)40/h13-17,21-22H,5-12,19-20H2,1-4H3,(H5-,37,38,39,40,41,42,43,44,45,46)/p+1. The number of benzene rings is 2. The summed E-state index contributed by atoms with van der Waals surface area (Å²) in [5.74, 6) is -1.71. The van der Waals surface area contributed by atoms with Gasteiger partial charge in [-0.25, -0.2) is 0 Å². The fourth-order valence-electron chi connectivity index (χ4n) is 6.65. The third-order valence-corrected chi connectivity index (χ3v) is 11.1. The molecule has 0 atom stereocenters. The van der Waals surface area contributed by atoms with Crippen molar-refractivity contribution in [1.82, 2.24) is 0 Å². The van der Waals surface area contributed by atoms with E-state index in [4.69, 9.17) is 10.2 Å². The van der Waals surface area contributed by atoms with Crippen molar-refractivity contribution >= 4 is 54.8 Å². The number of hydrogen-bond acceptors (Lipinski definition) is 5. The minimum atomic E-state index is -4.53. The van der Waals surface area contributed by atoms with Crippen molar-refractivity contribution < 1.29 is 53.1 Å². The van der Waals surface area contributed by atoms with E-state index in [2.05, 4.69) is 15.2 Å². The van der Waals surface area contributed by atoms with Crippen LogP contribution < -0.4 is 15.5 Å². The Bertz CT molecular complexity index is 1790. The summed E-state index contributed by atoms with van der Waals surface area (Å²) >= 11 is 0. The topological polar surface area (TPSA) is 196 Å². The van der Waals surface area contributed by atoms with Crippen LogP contribution in [0.2, 0.25) is 0 Å². The number of unbranched alkanes of at least 4 members (excludes halogenated alkanes) is 4. The highest BCUT2D eigenvalue weighted by molar-refractivity contribution is 7.60. The van der Waals surface area contributed by atoms with Crippen LogP contribution in [0.3, 0.4) is 0 Å². The molecule has 2 aliphatic rings. The molecule has 2 aromatic carbocycles. The Labute approximate surface area is 280 Å². The third-order valence-electron chi connectivity index (χ3n) is 9.24. The number of aliphatic carboxylic acids is 2.